The number of nitrogens with one attached hydrogen (secondary N) is 1. The molecule has 1 amide bonds. The molecule has 0 aliphatic rings. The molecule has 0 spiro atoms. The summed E-state index contributed by atoms with van der Waals surface area (Å²) in [6, 6.07) is 1.57. The van der Waals surface area contributed by atoms with Crippen LogP contribution in [0, 0.1) is 0 Å². The maximum absolute atomic E-state index is 12.1. The van der Waals surface area contributed by atoms with Crippen LogP contribution in [-0.4, -0.2) is 41.2 Å². The minimum absolute atomic E-state index is 0.287. The van der Waals surface area contributed by atoms with E-state index < -0.39 is 11.5 Å². The quantitative estimate of drug-likeness (QED) is 0.766. The Bertz CT molecular complexity index is 524. The average molecular weight is 278 g/mol. The highest BCUT2D eigenvalue weighted by Gasteiger charge is 2.21. The normalized spacial score (nSPS) is 11.6. The van der Waals surface area contributed by atoms with Gasteiger partial charge in [-0.2, -0.15) is 0 Å². The third-order valence-electron chi connectivity index (χ3n) is 2.40. The average Bonchev–Trinajstić information content (AvgIpc) is 2.36. The topological polar surface area (TPSA) is 88.5 Å². The lowest BCUT2D eigenvalue weighted by Crippen LogP contribution is -2.46. The van der Waals surface area contributed by atoms with Gasteiger partial charge >= 0.3 is 5.97 Å². The van der Waals surface area contributed by atoms with Crippen LogP contribution < -0.4 is 5.32 Å². The molecule has 0 unspecified atom stereocenters. The molecule has 0 aliphatic heterocycles. The molecule has 0 atom stereocenters. The fraction of sp³-hybridized carbons (Fsp3) is 0.357. The zero-order chi connectivity index (χ0) is 15.2. The van der Waals surface area contributed by atoms with Gasteiger partial charge in [0.1, 0.15) is 0 Å². The third kappa shape index (κ3) is 5.19. The molecule has 108 valence electrons. The van der Waals surface area contributed by atoms with Crippen molar-refractivity contribution in [2.75, 3.05) is 13.7 Å². The second kappa shape index (κ2) is 6.81. The minimum Gasteiger partial charge on any atom is -0.478 e. The summed E-state index contributed by atoms with van der Waals surface area (Å²) in [7, 11) is 1.56. The van der Waals surface area contributed by atoms with Crippen molar-refractivity contribution >= 4 is 18.0 Å². The van der Waals surface area contributed by atoms with E-state index in [0.29, 0.717) is 17.7 Å². The predicted molar refractivity (Wildman–Crippen MR) is 74.3 cm³/mol. The van der Waals surface area contributed by atoms with Gasteiger partial charge < -0.3 is 15.2 Å². The zero-order valence-corrected chi connectivity index (χ0v) is 11.7. The van der Waals surface area contributed by atoms with Crippen molar-refractivity contribution in [3.8, 4) is 0 Å². The van der Waals surface area contributed by atoms with Crippen LogP contribution >= 0.6 is 0 Å². The van der Waals surface area contributed by atoms with Crippen molar-refractivity contribution < 1.29 is 19.4 Å². The summed E-state index contributed by atoms with van der Waals surface area (Å²) in [6.45, 7) is 4.07. The van der Waals surface area contributed by atoms with E-state index >= 15 is 0 Å². The number of aromatic nitrogens is 1. The molecule has 0 saturated heterocycles. The lowest BCUT2D eigenvalue weighted by molar-refractivity contribution is -0.131. The first-order valence-corrected chi connectivity index (χ1v) is 6.01. The van der Waals surface area contributed by atoms with E-state index in [4.69, 9.17) is 9.84 Å². The summed E-state index contributed by atoms with van der Waals surface area (Å²) in [4.78, 5) is 26.5. The van der Waals surface area contributed by atoms with E-state index in [2.05, 4.69) is 10.3 Å². The molecule has 20 heavy (non-hydrogen) atoms. The SMILES string of the molecule is COCC(C)(C)NC(=O)c1cncc(/C=C/C(=O)O)c1. The summed E-state index contributed by atoms with van der Waals surface area (Å²) in [5, 5.41) is 11.4. The van der Waals surface area contributed by atoms with Crippen LogP contribution in [0.2, 0.25) is 0 Å². The van der Waals surface area contributed by atoms with E-state index in [-0.39, 0.29) is 5.91 Å². The van der Waals surface area contributed by atoms with E-state index in [0.717, 1.165) is 6.08 Å². The lowest BCUT2D eigenvalue weighted by Gasteiger charge is -2.25. The van der Waals surface area contributed by atoms with Gasteiger partial charge in [0.2, 0.25) is 0 Å². The predicted octanol–water partition coefficient (Wildman–Crippen LogP) is 1.33. The Hall–Kier alpha value is -2.21. The molecular formula is C14H18N2O4. The summed E-state index contributed by atoms with van der Waals surface area (Å²) < 4.78 is 5.03. The molecule has 1 aromatic heterocycles. The number of carbonyl (C=O) groups excluding carboxylic acids is 1. The molecule has 0 saturated carbocycles. The molecule has 1 rings (SSSR count). The maximum Gasteiger partial charge on any atom is 0.328 e. The largest absolute Gasteiger partial charge is 0.478 e. The summed E-state index contributed by atoms with van der Waals surface area (Å²) in [6.07, 6.45) is 5.28. The van der Waals surface area contributed by atoms with Crippen molar-refractivity contribution in [1.29, 1.82) is 0 Å². The van der Waals surface area contributed by atoms with Crippen LogP contribution in [0.1, 0.15) is 29.8 Å². The number of ether oxygens (including phenoxy) is 1. The van der Waals surface area contributed by atoms with E-state index in [1.54, 1.807) is 13.2 Å². The standard InChI is InChI=1S/C14H18N2O4/c1-14(2,9-20-3)16-13(19)11-6-10(7-15-8-11)4-5-12(17)18/h4-8H,9H2,1-3H3,(H,16,19)(H,17,18)/b5-4+. The fourth-order valence-corrected chi connectivity index (χ4v) is 1.62. The van der Waals surface area contributed by atoms with Crippen LogP contribution in [0.25, 0.3) is 6.08 Å². The molecule has 2 N–H and O–H groups in total. The van der Waals surface area contributed by atoms with Crippen molar-refractivity contribution in [2.45, 2.75) is 19.4 Å². The highest BCUT2D eigenvalue weighted by Crippen LogP contribution is 2.08. The number of amides is 1. The van der Waals surface area contributed by atoms with Gasteiger partial charge in [-0.05, 0) is 31.6 Å². The lowest BCUT2D eigenvalue weighted by atomic mass is 10.1. The van der Waals surface area contributed by atoms with Crippen LogP contribution in [-0.2, 0) is 9.53 Å². The second-order valence-electron chi connectivity index (χ2n) is 4.95. The first kappa shape index (κ1) is 15.8. The van der Waals surface area contributed by atoms with Crippen LogP contribution in [0.5, 0.6) is 0 Å². The molecule has 6 heteroatoms. The molecule has 1 heterocycles. The van der Waals surface area contributed by atoms with Crippen molar-refractivity contribution in [3.63, 3.8) is 0 Å². The van der Waals surface area contributed by atoms with Crippen molar-refractivity contribution in [2.24, 2.45) is 0 Å². The fourth-order valence-electron chi connectivity index (χ4n) is 1.62. The highest BCUT2D eigenvalue weighted by atomic mass is 16.5. The minimum atomic E-state index is -1.05. The van der Waals surface area contributed by atoms with Crippen LogP contribution in [0.15, 0.2) is 24.5 Å². The molecule has 0 fully saturated rings. The Balaban J connectivity index is 2.84. The van der Waals surface area contributed by atoms with E-state index in [9.17, 15) is 9.59 Å². The molecular weight excluding hydrogens is 260 g/mol. The van der Waals surface area contributed by atoms with Crippen molar-refractivity contribution in [3.05, 3.63) is 35.7 Å². The first-order chi connectivity index (χ1) is 9.34. The first-order valence-electron chi connectivity index (χ1n) is 6.01. The van der Waals surface area contributed by atoms with Gasteiger partial charge in [-0.1, -0.05) is 0 Å². The molecule has 0 aromatic carbocycles. The van der Waals surface area contributed by atoms with Crippen LogP contribution in [0.3, 0.4) is 0 Å². The summed E-state index contributed by atoms with van der Waals surface area (Å²) in [5.41, 5.74) is 0.407. The highest BCUT2D eigenvalue weighted by molar-refractivity contribution is 5.95. The summed E-state index contributed by atoms with van der Waals surface area (Å²) >= 11 is 0. The van der Waals surface area contributed by atoms with Crippen LogP contribution in [0.4, 0.5) is 0 Å². The number of methoxy groups -OCH3 is 1. The van der Waals surface area contributed by atoms with Crippen molar-refractivity contribution in [1.82, 2.24) is 10.3 Å². The molecule has 1 aromatic rings. The third-order valence-corrected chi connectivity index (χ3v) is 2.40. The van der Waals surface area contributed by atoms with Gasteiger partial charge in [0.05, 0.1) is 17.7 Å². The number of carboxylic acid groups (broad SMARTS) is 1. The number of pyridine rings is 1. The second-order valence-corrected chi connectivity index (χ2v) is 4.95. The Morgan fingerprint density at radius 3 is 2.75 bits per heavy atom. The maximum atomic E-state index is 12.1. The Labute approximate surface area is 117 Å². The van der Waals surface area contributed by atoms with Gasteiger partial charge in [-0.15, -0.1) is 0 Å². The number of carbonyl (C=O) groups is 2. The van der Waals surface area contributed by atoms with Gasteiger partial charge in [0.25, 0.3) is 5.91 Å². The number of rotatable bonds is 6. The number of nitrogens with zero attached hydrogens (tertiary/aromatic N) is 1. The van der Waals surface area contributed by atoms with Gasteiger partial charge in [-0.25, -0.2) is 4.79 Å². The molecule has 0 bridgehead atoms. The number of hydrogen-bond donors (Lipinski definition) is 2. The monoisotopic (exact) mass is 278 g/mol. The Morgan fingerprint density at radius 1 is 1.45 bits per heavy atom. The summed E-state index contributed by atoms with van der Waals surface area (Å²) in [5.74, 6) is -1.34. The van der Waals surface area contributed by atoms with Gasteiger partial charge in [0, 0.05) is 25.6 Å². The van der Waals surface area contributed by atoms with Gasteiger partial charge in [-0.3, -0.25) is 9.78 Å². The number of aliphatic carboxylic acids is 1. The number of carboxylic acids is 1. The molecule has 0 radical (unpaired) electrons. The van der Waals surface area contributed by atoms with Gasteiger partial charge in [0.15, 0.2) is 0 Å². The van der Waals surface area contributed by atoms with E-state index in [1.807, 2.05) is 13.8 Å². The molecule has 0 aliphatic carbocycles. The Morgan fingerprint density at radius 2 is 2.15 bits per heavy atom. The number of hydrogen-bond acceptors (Lipinski definition) is 4. The van der Waals surface area contributed by atoms with E-state index in [1.165, 1.54) is 18.5 Å². The Kier molecular flexibility index (Phi) is 5.40. The molecule has 6 nitrogen and oxygen atoms in total. The smallest absolute Gasteiger partial charge is 0.328 e. The zero-order valence-electron chi connectivity index (χ0n) is 11.7.